The van der Waals surface area contributed by atoms with Crippen molar-refractivity contribution in [2.24, 2.45) is 5.92 Å². The van der Waals surface area contributed by atoms with E-state index in [0.29, 0.717) is 10.9 Å². The summed E-state index contributed by atoms with van der Waals surface area (Å²) in [7, 11) is 0. The highest BCUT2D eigenvalue weighted by Crippen LogP contribution is 2.57. The molecule has 1 nitrogen and oxygen atoms in total. The van der Waals surface area contributed by atoms with Crippen molar-refractivity contribution in [3.8, 4) is 0 Å². The number of hydrogen-bond donors (Lipinski definition) is 1. The number of halogens is 2. The molecule has 0 bridgehead atoms. The third kappa shape index (κ3) is 2.52. The largest absolute Gasteiger partial charge is 0.385 e. The zero-order valence-electron chi connectivity index (χ0n) is 11.2. The average molecular weight is 352 g/mol. The highest BCUT2D eigenvalue weighted by molar-refractivity contribution is 9.10. The Balaban J connectivity index is 1.87. The normalized spacial score (nSPS) is 24.2. The monoisotopic (exact) mass is 350 g/mol. The second-order valence-corrected chi connectivity index (χ2v) is 6.95. The van der Waals surface area contributed by atoms with Crippen LogP contribution < -0.4 is 0 Å². The molecular formula is C17H16BrClO. The van der Waals surface area contributed by atoms with Crippen LogP contribution in [0.4, 0.5) is 0 Å². The van der Waals surface area contributed by atoms with Gasteiger partial charge in [0.05, 0.1) is 5.60 Å². The fraction of sp³-hybridized carbons (Fsp3) is 0.294. The van der Waals surface area contributed by atoms with Crippen molar-refractivity contribution in [1.29, 1.82) is 0 Å². The van der Waals surface area contributed by atoms with E-state index in [0.717, 1.165) is 16.5 Å². The summed E-state index contributed by atoms with van der Waals surface area (Å²) in [6.07, 6.45) is 1.00. The molecule has 3 atom stereocenters. The van der Waals surface area contributed by atoms with E-state index in [1.807, 2.05) is 43.3 Å². The van der Waals surface area contributed by atoms with E-state index in [9.17, 15) is 5.11 Å². The number of rotatable bonds is 3. The van der Waals surface area contributed by atoms with Gasteiger partial charge < -0.3 is 5.11 Å². The first kappa shape index (κ1) is 14.1. The van der Waals surface area contributed by atoms with Gasteiger partial charge in [-0.15, -0.1) is 0 Å². The molecule has 3 unspecified atom stereocenters. The van der Waals surface area contributed by atoms with E-state index in [4.69, 9.17) is 11.6 Å². The molecule has 0 spiro atoms. The molecule has 3 heteroatoms. The summed E-state index contributed by atoms with van der Waals surface area (Å²) >= 11 is 9.69. The minimum absolute atomic E-state index is 0.226. The minimum atomic E-state index is -0.891. The molecule has 1 aliphatic rings. The van der Waals surface area contributed by atoms with Gasteiger partial charge in [-0.2, -0.15) is 0 Å². The van der Waals surface area contributed by atoms with Crippen molar-refractivity contribution in [2.75, 3.05) is 0 Å². The Labute approximate surface area is 132 Å². The van der Waals surface area contributed by atoms with Gasteiger partial charge in [-0.3, -0.25) is 0 Å². The number of hydrogen-bond acceptors (Lipinski definition) is 1. The predicted octanol–water partition coefficient (Wildman–Crippen LogP) is 5.11. The van der Waals surface area contributed by atoms with Crippen LogP contribution in [0.25, 0.3) is 0 Å². The van der Waals surface area contributed by atoms with Gasteiger partial charge in [-0.05, 0) is 42.9 Å². The van der Waals surface area contributed by atoms with Crippen molar-refractivity contribution in [2.45, 2.75) is 24.9 Å². The maximum atomic E-state index is 10.9. The summed E-state index contributed by atoms with van der Waals surface area (Å²) in [6.45, 7) is 1.87. The molecule has 0 heterocycles. The first-order valence-electron chi connectivity index (χ1n) is 6.73. The van der Waals surface area contributed by atoms with Gasteiger partial charge in [-0.25, -0.2) is 0 Å². The zero-order chi connectivity index (χ0) is 14.3. The molecule has 1 saturated carbocycles. The van der Waals surface area contributed by atoms with Crippen LogP contribution in [0.5, 0.6) is 0 Å². The van der Waals surface area contributed by atoms with Crippen LogP contribution in [-0.4, -0.2) is 5.11 Å². The molecular weight excluding hydrogens is 336 g/mol. The third-order valence-corrected chi connectivity index (χ3v) is 5.02. The first-order chi connectivity index (χ1) is 9.50. The Kier molecular flexibility index (Phi) is 3.65. The van der Waals surface area contributed by atoms with Crippen LogP contribution in [-0.2, 0) is 5.60 Å². The first-order valence-corrected chi connectivity index (χ1v) is 7.90. The lowest BCUT2D eigenvalue weighted by atomic mass is 9.88. The lowest BCUT2D eigenvalue weighted by molar-refractivity contribution is 0.0310. The number of aliphatic hydroxyl groups is 1. The third-order valence-electron chi connectivity index (χ3n) is 4.22. The van der Waals surface area contributed by atoms with E-state index in [2.05, 4.69) is 28.1 Å². The lowest BCUT2D eigenvalue weighted by Crippen LogP contribution is -2.25. The average Bonchev–Trinajstić information content (AvgIpc) is 3.20. The van der Waals surface area contributed by atoms with Crippen LogP contribution in [0.3, 0.4) is 0 Å². The van der Waals surface area contributed by atoms with Gasteiger partial charge in [0.25, 0.3) is 0 Å². The second-order valence-electron chi connectivity index (χ2n) is 5.63. The molecule has 0 amide bonds. The Morgan fingerprint density at radius 1 is 1.20 bits per heavy atom. The molecule has 20 heavy (non-hydrogen) atoms. The van der Waals surface area contributed by atoms with Crippen molar-refractivity contribution in [1.82, 2.24) is 0 Å². The molecule has 0 aliphatic heterocycles. The minimum Gasteiger partial charge on any atom is -0.385 e. The Bertz CT molecular complexity index is 624. The van der Waals surface area contributed by atoms with Crippen LogP contribution in [0.15, 0.2) is 53.0 Å². The van der Waals surface area contributed by atoms with Crippen LogP contribution in [0.1, 0.15) is 30.4 Å². The second kappa shape index (κ2) is 5.18. The van der Waals surface area contributed by atoms with Crippen LogP contribution in [0, 0.1) is 5.92 Å². The molecule has 0 radical (unpaired) electrons. The molecule has 1 N–H and O–H groups in total. The summed E-state index contributed by atoms with van der Waals surface area (Å²) < 4.78 is 0.928. The lowest BCUT2D eigenvalue weighted by Gasteiger charge is -2.26. The molecule has 0 aromatic heterocycles. The Hall–Kier alpha value is -0.830. The standard InChI is InChI=1S/C17H16BrClO/c1-17(20,14-8-7-12(18)9-16(14)19)15-10-13(15)11-5-3-2-4-6-11/h2-9,13,15,20H,10H2,1H3. The van der Waals surface area contributed by atoms with Gasteiger partial charge in [-0.1, -0.05) is 63.9 Å². The SMILES string of the molecule is CC(O)(c1ccc(Br)cc1Cl)C1CC1c1ccccc1. The van der Waals surface area contributed by atoms with E-state index < -0.39 is 5.60 Å². The highest BCUT2D eigenvalue weighted by atomic mass is 79.9. The summed E-state index contributed by atoms with van der Waals surface area (Å²) in [4.78, 5) is 0. The van der Waals surface area contributed by atoms with Crippen molar-refractivity contribution in [3.05, 3.63) is 69.2 Å². The Morgan fingerprint density at radius 3 is 2.55 bits per heavy atom. The van der Waals surface area contributed by atoms with Gasteiger partial charge in [0.15, 0.2) is 0 Å². The molecule has 2 aromatic carbocycles. The van der Waals surface area contributed by atoms with Crippen LogP contribution >= 0.6 is 27.5 Å². The maximum absolute atomic E-state index is 10.9. The number of benzene rings is 2. The van der Waals surface area contributed by atoms with Crippen molar-refractivity contribution in [3.63, 3.8) is 0 Å². The summed E-state index contributed by atoms with van der Waals surface area (Å²) in [6, 6.07) is 16.0. The fourth-order valence-corrected chi connectivity index (χ4v) is 3.85. The summed E-state index contributed by atoms with van der Waals surface area (Å²) in [5.41, 5.74) is 1.22. The topological polar surface area (TPSA) is 20.2 Å². The smallest absolute Gasteiger partial charge is 0.0916 e. The van der Waals surface area contributed by atoms with E-state index in [1.54, 1.807) is 0 Å². The van der Waals surface area contributed by atoms with E-state index >= 15 is 0 Å². The van der Waals surface area contributed by atoms with E-state index in [-0.39, 0.29) is 5.92 Å². The molecule has 0 saturated heterocycles. The van der Waals surface area contributed by atoms with Crippen molar-refractivity contribution >= 4 is 27.5 Å². The molecule has 1 aliphatic carbocycles. The Morgan fingerprint density at radius 2 is 1.90 bits per heavy atom. The molecule has 3 rings (SSSR count). The van der Waals surface area contributed by atoms with Gasteiger partial charge in [0.2, 0.25) is 0 Å². The zero-order valence-corrected chi connectivity index (χ0v) is 13.5. The predicted molar refractivity (Wildman–Crippen MR) is 86.0 cm³/mol. The van der Waals surface area contributed by atoms with Crippen LogP contribution in [0.2, 0.25) is 5.02 Å². The summed E-state index contributed by atoms with van der Waals surface area (Å²) in [5.74, 6) is 0.648. The quantitative estimate of drug-likeness (QED) is 0.814. The van der Waals surface area contributed by atoms with Gasteiger partial charge in [0, 0.05) is 15.1 Å². The van der Waals surface area contributed by atoms with Gasteiger partial charge >= 0.3 is 0 Å². The summed E-state index contributed by atoms with van der Waals surface area (Å²) in [5, 5.41) is 11.5. The van der Waals surface area contributed by atoms with E-state index in [1.165, 1.54) is 5.56 Å². The highest BCUT2D eigenvalue weighted by Gasteiger charge is 2.51. The molecule has 104 valence electrons. The maximum Gasteiger partial charge on any atom is 0.0916 e. The molecule has 1 fully saturated rings. The molecule has 2 aromatic rings. The van der Waals surface area contributed by atoms with Crippen molar-refractivity contribution < 1.29 is 5.11 Å². The fourth-order valence-electron chi connectivity index (χ4n) is 2.98. The van der Waals surface area contributed by atoms with Gasteiger partial charge in [0.1, 0.15) is 0 Å².